The summed E-state index contributed by atoms with van der Waals surface area (Å²) in [5.41, 5.74) is 4.10. The molecule has 2 aromatic heterocycles. The van der Waals surface area contributed by atoms with Gasteiger partial charge in [-0.15, -0.1) is 10.2 Å². The lowest BCUT2D eigenvalue weighted by molar-refractivity contribution is -0.132. The molecule has 0 radical (unpaired) electrons. The van der Waals surface area contributed by atoms with Crippen molar-refractivity contribution in [3.8, 4) is 0 Å². The summed E-state index contributed by atoms with van der Waals surface area (Å²) < 4.78 is 16.4. The molecular weight excluding hydrogens is 449 g/mol. The molecule has 8 heteroatoms. The molecule has 1 fully saturated rings. The summed E-state index contributed by atoms with van der Waals surface area (Å²) in [6.45, 7) is 4.18. The van der Waals surface area contributed by atoms with Crippen molar-refractivity contribution in [1.82, 2.24) is 24.6 Å². The number of rotatable bonds is 7. The van der Waals surface area contributed by atoms with Crippen LogP contribution in [0.2, 0.25) is 0 Å². The summed E-state index contributed by atoms with van der Waals surface area (Å²) in [6.07, 6.45) is 4.77. The van der Waals surface area contributed by atoms with Crippen molar-refractivity contribution in [3.63, 3.8) is 0 Å². The van der Waals surface area contributed by atoms with Gasteiger partial charge in [0.15, 0.2) is 5.65 Å². The topological polar surface area (TPSA) is 63.9 Å². The molecule has 0 atom stereocenters. The van der Waals surface area contributed by atoms with Gasteiger partial charge in [0.2, 0.25) is 11.1 Å². The van der Waals surface area contributed by atoms with E-state index in [1.54, 1.807) is 12.1 Å². The van der Waals surface area contributed by atoms with E-state index < -0.39 is 0 Å². The summed E-state index contributed by atoms with van der Waals surface area (Å²) in [7, 11) is 0. The number of hydrogen-bond acceptors (Lipinski definition) is 5. The smallest absolute Gasteiger partial charge is 0.222 e. The van der Waals surface area contributed by atoms with Crippen LogP contribution in [0, 0.1) is 12.7 Å². The van der Waals surface area contributed by atoms with Gasteiger partial charge < -0.3 is 9.47 Å². The minimum absolute atomic E-state index is 0.236. The van der Waals surface area contributed by atoms with Crippen LogP contribution in [0.3, 0.4) is 0 Å². The Morgan fingerprint density at radius 3 is 2.74 bits per heavy atom. The van der Waals surface area contributed by atoms with Crippen molar-refractivity contribution in [2.75, 3.05) is 18.8 Å². The molecule has 176 valence electrons. The van der Waals surface area contributed by atoms with Gasteiger partial charge in [0, 0.05) is 36.2 Å². The molecule has 0 aliphatic carbocycles. The van der Waals surface area contributed by atoms with Crippen molar-refractivity contribution in [3.05, 3.63) is 59.4 Å². The van der Waals surface area contributed by atoms with Crippen LogP contribution < -0.4 is 0 Å². The van der Waals surface area contributed by atoms with E-state index in [1.807, 2.05) is 34.6 Å². The molecule has 1 aliphatic heterocycles. The summed E-state index contributed by atoms with van der Waals surface area (Å²) in [5, 5.41) is 10.4. The van der Waals surface area contributed by atoms with Crippen LogP contribution in [0.25, 0.3) is 22.1 Å². The average molecular weight is 478 g/mol. The van der Waals surface area contributed by atoms with Gasteiger partial charge in [-0.05, 0) is 50.8 Å². The van der Waals surface area contributed by atoms with Crippen LogP contribution >= 0.6 is 11.8 Å². The number of fused-ring (bicyclic) bond motifs is 3. The number of nitrogens with zero attached hydrogens (tertiary/aromatic N) is 5. The second-order valence-corrected chi connectivity index (χ2v) is 9.92. The quantitative estimate of drug-likeness (QED) is 0.265. The minimum Gasteiger partial charge on any atom is -0.343 e. The molecule has 0 N–H and O–H groups in total. The normalized spacial score (nSPS) is 14.2. The van der Waals surface area contributed by atoms with Gasteiger partial charge >= 0.3 is 0 Å². The second-order valence-electron chi connectivity index (χ2n) is 8.86. The molecule has 0 spiro atoms. The molecule has 1 aliphatic rings. The SMILES string of the molecule is Cc1ccc2c(c1)c1nnc(SCCCC(=O)N3CCCCC3)nc1n2Cc1ccccc1F. The maximum absolute atomic E-state index is 14.4. The Hall–Kier alpha value is -3.00. The Labute approximate surface area is 202 Å². The van der Waals surface area contributed by atoms with E-state index >= 15 is 0 Å². The molecule has 0 unspecified atom stereocenters. The molecule has 3 heterocycles. The number of carbonyl (C=O) groups is 1. The van der Waals surface area contributed by atoms with E-state index in [0.29, 0.717) is 29.3 Å². The number of piperidine rings is 1. The largest absolute Gasteiger partial charge is 0.343 e. The van der Waals surface area contributed by atoms with Crippen molar-refractivity contribution in [2.45, 2.75) is 50.7 Å². The Bertz CT molecular complexity index is 1330. The fourth-order valence-corrected chi connectivity index (χ4v) is 5.28. The Morgan fingerprint density at radius 2 is 1.91 bits per heavy atom. The maximum atomic E-state index is 14.4. The van der Waals surface area contributed by atoms with Crippen LogP contribution in [0.5, 0.6) is 0 Å². The first kappa shape index (κ1) is 22.8. The number of thioether (sulfide) groups is 1. The average Bonchev–Trinajstić information content (AvgIpc) is 3.15. The fraction of sp³-hybridized carbons (Fsp3) is 0.385. The Balaban J connectivity index is 1.36. The second kappa shape index (κ2) is 10.1. The van der Waals surface area contributed by atoms with Crippen LogP contribution in [0.4, 0.5) is 4.39 Å². The summed E-state index contributed by atoms with van der Waals surface area (Å²) in [5.74, 6) is 0.758. The highest BCUT2D eigenvalue weighted by molar-refractivity contribution is 7.99. The lowest BCUT2D eigenvalue weighted by Crippen LogP contribution is -2.35. The fourth-order valence-electron chi connectivity index (χ4n) is 4.56. The number of likely N-dealkylation sites (tertiary alicyclic amines) is 1. The van der Waals surface area contributed by atoms with Crippen molar-refractivity contribution in [1.29, 1.82) is 0 Å². The van der Waals surface area contributed by atoms with E-state index in [9.17, 15) is 9.18 Å². The number of halogens is 1. The minimum atomic E-state index is -0.236. The van der Waals surface area contributed by atoms with Crippen molar-refractivity contribution in [2.24, 2.45) is 0 Å². The van der Waals surface area contributed by atoms with Gasteiger partial charge in [-0.25, -0.2) is 9.37 Å². The van der Waals surface area contributed by atoms with E-state index in [-0.39, 0.29) is 11.7 Å². The number of benzene rings is 2. The monoisotopic (exact) mass is 477 g/mol. The molecule has 34 heavy (non-hydrogen) atoms. The van der Waals surface area contributed by atoms with Gasteiger partial charge in [0.25, 0.3) is 0 Å². The predicted molar refractivity (Wildman–Crippen MR) is 133 cm³/mol. The number of carbonyl (C=O) groups excluding carboxylic acids is 1. The van der Waals surface area contributed by atoms with E-state index in [4.69, 9.17) is 4.98 Å². The van der Waals surface area contributed by atoms with Crippen molar-refractivity contribution >= 4 is 39.7 Å². The molecule has 1 amide bonds. The van der Waals surface area contributed by atoms with E-state index in [2.05, 4.69) is 16.3 Å². The molecule has 6 nitrogen and oxygen atoms in total. The third-order valence-corrected chi connectivity index (χ3v) is 7.29. The summed E-state index contributed by atoms with van der Waals surface area (Å²) >= 11 is 1.51. The summed E-state index contributed by atoms with van der Waals surface area (Å²) in [4.78, 5) is 19.2. The third kappa shape index (κ3) is 4.78. The molecule has 1 saturated heterocycles. The van der Waals surface area contributed by atoms with E-state index in [0.717, 1.165) is 60.1 Å². The molecule has 2 aromatic carbocycles. The zero-order valence-electron chi connectivity index (χ0n) is 19.3. The predicted octanol–water partition coefficient (Wildman–Crippen LogP) is 5.36. The van der Waals surface area contributed by atoms with Gasteiger partial charge in [-0.2, -0.15) is 0 Å². The van der Waals surface area contributed by atoms with Crippen LogP contribution in [-0.4, -0.2) is 49.4 Å². The standard InChI is InChI=1S/C26H28FN5OS/c1-18-11-12-22-20(16-18)24-25(32(22)17-19-8-3-4-9-21(19)27)28-26(30-29-24)34-15-7-10-23(33)31-13-5-2-6-14-31/h3-4,8-9,11-12,16H,2,5-7,10,13-15,17H2,1H3. The lowest BCUT2D eigenvalue weighted by Gasteiger charge is -2.26. The highest BCUT2D eigenvalue weighted by Gasteiger charge is 2.18. The third-order valence-electron chi connectivity index (χ3n) is 6.36. The molecule has 5 rings (SSSR count). The number of aryl methyl sites for hydroxylation is 1. The van der Waals surface area contributed by atoms with Gasteiger partial charge in [0.05, 0.1) is 12.1 Å². The van der Waals surface area contributed by atoms with Gasteiger partial charge in [-0.1, -0.05) is 41.6 Å². The molecule has 0 bridgehead atoms. The first-order chi connectivity index (χ1) is 16.6. The Kier molecular flexibility index (Phi) is 6.76. The van der Waals surface area contributed by atoms with Crippen LogP contribution in [-0.2, 0) is 11.3 Å². The first-order valence-corrected chi connectivity index (χ1v) is 12.9. The number of amides is 1. The first-order valence-electron chi connectivity index (χ1n) is 11.9. The molecular formula is C26H28FN5OS. The van der Waals surface area contributed by atoms with Gasteiger partial charge in [0.1, 0.15) is 11.3 Å². The molecule has 0 saturated carbocycles. The summed E-state index contributed by atoms with van der Waals surface area (Å²) in [6, 6.07) is 13.0. The Morgan fingerprint density at radius 1 is 1.09 bits per heavy atom. The van der Waals surface area contributed by atoms with Crippen molar-refractivity contribution < 1.29 is 9.18 Å². The number of aromatic nitrogens is 4. The molecule has 4 aromatic rings. The number of hydrogen-bond donors (Lipinski definition) is 0. The zero-order chi connectivity index (χ0) is 23.5. The lowest BCUT2D eigenvalue weighted by atomic mass is 10.1. The van der Waals surface area contributed by atoms with E-state index in [1.165, 1.54) is 24.2 Å². The van der Waals surface area contributed by atoms with Crippen LogP contribution in [0.15, 0.2) is 47.6 Å². The maximum Gasteiger partial charge on any atom is 0.222 e. The van der Waals surface area contributed by atoms with Gasteiger partial charge in [-0.3, -0.25) is 4.79 Å². The van der Waals surface area contributed by atoms with Crippen LogP contribution in [0.1, 0.15) is 43.2 Å². The zero-order valence-corrected chi connectivity index (χ0v) is 20.2. The highest BCUT2D eigenvalue weighted by Crippen LogP contribution is 2.29. The highest BCUT2D eigenvalue weighted by atomic mass is 32.2.